The van der Waals surface area contributed by atoms with Crippen LogP contribution in [0.2, 0.25) is 0 Å². The molecule has 0 aliphatic carbocycles. The highest BCUT2D eigenvalue weighted by molar-refractivity contribution is 8.02. The van der Waals surface area contributed by atoms with E-state index in [1.165, 1.54) is 42.3 Å². The van der Waals surface area contributed by atoms with Crippen LogP contribution in [-0.2, 0) is 24.0 Å². The number of fused-ring (bicyclic) bond motifs is 1. The SMILES string of the molecule is CC(C)(ON=C(C(=O)NC1C(=O)N2CC(C=CSc3cccnc3)(C(=O)O)CS[C@H]12)c1nsc(N)n1)C(=O)O. The second-order valence-corrected chi connectivity index (χ2v) is 11.9. The molecule has 2 aliphatic heterocycles. The first-order chi connectivity index (χ1) is 18.4. The molecule has 4 heterocycles. The second kappa shape index (κ2) is 11.2. The minimum Gasteiger partial charge on any atom is -0.481 e. The van der Waals surface area contributed by atoms with Gasteiger partial charge in [0, 0.05) is 41.1 Å². The second-order valence-electron chi connectivity index (χ2n) is 8.99. The van der Waals surface area contributed by atoms with Crippen molar-refractivity contribution in [1.29, 1.82) is 0 Å². The lowest BCUT2D eigenvalue weighted by molar-refractivity contribution is -0.161. The van der Waals surface area contributed by atoms with Crippen LogP contribution in [0.4, 0.5) is 5.13 Å². The summed E-state index contributed by atoms with van der Waals surface area (Å²) in [6, 6.07) is 2.64. The maximum absolute atomic E-state index is 13.1. The van der Waals surface area contributed by atoms with Crippen LogP contribution in [0.1, 0.15) is 19.7 Å². The zero-order valence-electron chi connectivity index (χ0n) is 20.5. The first-order valence-electron chi connectivity index (χ1n) is 11.2. The third-order valence-corrected chi connectivity index (χ3v) is 8.67. The molecule has 2 aromatic rings. The fourth-order valence-electron chi connectivity index (χ4n) is 3.48. The van der Waals surface area contributed by atoms with E-state index in [4.69, 9.17) is 10.6 Å². The van der Waals surface area contributed by atoms with Crippen LogP contribution < -0.4 is 11.1 Å². The Balaban J connectivity index is 1.46. The van der Waals surface area contributed by atoms with Crippen LogP contribution in [0.3, 0.4) is 0 Å². The molecule has 2 aromatic heterocycles. The maximum Gasteiger partial charge on any atom is 0.350 e. The molecular weight excluding hydrogens is 570 g/mol. The van der Waals surface area contributed by atoms with Gasteiger partial charge in [-0.25, -0.2) is 4.79 Å². The average molecular weight is 594 g/mol. The molecule has 0 bridgehead atoms. The lowest BCUT2D eigenvalue weighted by atomic mass is 9.87. The van der Waals surface area contributed by atoms with E-state index in [-0.39, 0.29) is 23.3 Å². The third-order valence-electron chi connectivity index (χ3n) is 5.79. The Labute approximate surface area is 234 Å². The molecule has 14 nitrogen and oxygen atoms in total. The van der Waals surface area contributed by atoms with Gasteiger partial charge in [-0.3, -0.25) is 19.4 Å². The van der Waals surface area contributed by atoms with Crippen molar-refractivity contribution < 1.29 is 34.2 Å². The molecule has 4 rings (SSSR count). The number of anilines is 1. The average Bonchev–Trinajstić information content (AvgIpc) is 3.33. The number of hydrogen-bond acceptors (Lipinski definition) is 13. The molecule has 2 saturated heterocycles. The Morgan fingerprint density at radius 1 is 1.38 bits per heavy atom. The van der Waals surface area contributed by atoms with Crippen molar-refractivity contribution in [3.63, 3.8) is 0 Å². The molecule has 2 amide bonds. The van der Waals surface area contributed by atoms with E-state index >= 15 is 0 Å². The number of carbonyl (C=O) groups is 4. The number of nitrogen functional groups attached to an aromatic ring is 1. The number of nitrogens with zero attached hydrogens (tertiary/aromatic N) is 5. The van der Waals surface area contributed by atoms with Crippen LogP contribution in [0.5, 0.6) is 0 Å². The maximum atomic E-state index is 13.1. The largest absolute Gasteiger partial charge is 0.481 e. The Morgan fingerprint density at radius 2 is 2.15 bits per heavy atom. The molecule has 0 saturated carbocycles. The zero-order valence-corrected chi connectivity index (χ0v) is 23.0. The number of nitrogens with two attached hydrogens (primary N) is 1. The van der Waals surface area contributed by atoms with Crippen molar-refractivity contribution in [3.8, 4) is 0 Å². The highest BCUT2D eigenvalue weighted by Crippen LogP contribution is 2.43. The predicted molar refractivity (Wildman–Crippen MR) is 143 cm³/mol. The van der Waals surface area contributed by atoms with Gasteiger partial charge in [0.25, 0.3) is 5.91 Å². The quantitative estimate of drug-likeness (QED) is 0.131. The number of amides is 2. The van der Waals surface area contributed by atoms with Gasteiger partial charge in [-0.2, -0.15) is 9.36 Å². The highest BCUT2D eigenvalue weighted by Gasteiger charge is 2.57. The van der Waals surface area contributed by atoms with E-state index in [1.54, 1.807) is 29.9 Å². The van der Waals surface area contributed by atoms with Crippen molar-refractivity contribution in [1.82, 2.24) is 24.6 Å². The number of thioether (sulfide) groups is 2. The first-order valence-corrected chi connectivity index (χ1v) is 13.9. The minimum absolute atomic E-state index is 0.0384. The lowest BCUT2D eigenvalue weighted by Gasteiger charge is -2.53. The fraction of sp³-hybridized carbons (Fsp3) is 0.364. The summed E-state index contributed by atoms with van der Waals surface area (Å²) in [6.45, 7) is 2.40. The summed E-state index contributed by atoms with van der Waals surface area (Å²) in [6.07, 6.45) is 4.86. The van der Waals surface area contributed by atoms with E-state index in [0.717, 1.165) is 16.4 Å². The molecule has 3 atom stereocenters. The number of aliphatic carboxylic acids is 2. The van der Waals surface area contributed by atoms with E-state index in [1.807, 2.05) is 6.07 Å². The molecule has 0 spiro atoms. The van der Waals surface area contributed by atoms with Crippen molar-refractivity contribution in [2.45, 2.75) is 35.8 Å². The highest BCUT2D eigenvalue weighted by atomic mass is 32.2. The zero-order chi connectivity index (χ0) is 28.4. The molecule has 0 aromatic carbocycles. The standard InChI is InChI=1S/C22H23N7O7S3/c1-21(2,18(32)33)36-27-12(14-26-20(23)39-28-14)15(30)25-13-16(31)29-9-22(19(34)35,10-38-17(13)29)5-7-37-11-4-3-6-24-8-11/h3-8,13,17H,9-10H2,1-2H3,(H,25,30)(H,32,33)(H,34,35)(H2,23,26,28)/t13?,17-,22?/m1/s1. The van der Waals surface area contributed by atoms with Crippen molar-refractivity contribution in [2.24, 2.45) is 10.6 Å². The van der Waals surface area contributed by atoms with Crippen LogP contribution in [0, 0.1) is 5.41 Å². The number of hydrogen-bond donors (Lipinski definition) is 4. The van der Waals surface area contributed by atoms with E-state index in [2.05, 4.69) is 24.8 Å². The van der Waals surface area contributed by atoms with Gasteiger partial charge in [0.15, 0.2) is 5.13 Å². The monoisotopic (exact) mass is 593 g/mol. The Morgan fingerprint density at radius 3 is 2.77 bits per heavy atom. The van der Waals surface area contributed by atoms with Gasteiger partial charge in [0.1, 0.15) is 16.8 Å². The molecule has 0 radical (unpaired) electrons. The summed E-state index contributed by atoms with van der Waals surface area (Å²) in [4.78, 5) is 64.9. The number of pyridine rings is 1. The number of nitrogens with one attached hydrogen (secondary N) is 1. The molecular formula is C22H23N7O7S3. The lowest BCUT2D eigenvalue weighted by Crippen LogP contribution is -2.73. The number of carboxylic acid groups (broad SMARTS) is 2. The predicted octanol–water partition coefficient (Wildman–Crippen LogP) is 0.876. The topological polar surface area (TPSA) is 210 Å². The Bertz CT molecular complexity index is 1350. The van der Waals surface area contributed by atoms with E-state index in [9.17, 15) is 29.4 Å². The summed E-state index contributed by atoms with van der Waals surface area (Å²) < 4.78 is 3.93. The van der Waals surface area contributed by atoms with Crippen molar-refractivity contribution in [3.05, 3.63) is 41.8 Å². The van der Waals surface area contributed by atoms with Crippen molar-refractivity contribution >= 4 is 69.7 Å². The first kappa shape index (κ1) is 28.3. The van der Waals surface area contributed by atoms with Gasteiger partial charge in [0.2, 0.25) is 23.0 Å². The minimum atomic E-state index is -1.77. The number of oxime groups is 1. The summed E-state index contributed by atoms with van der Waals surface area (Å²) in [5.74, 6) is -3.79. The van der Waals surface area contributed by atoms with Gasteiger partial charge in [-0.05, 0) is 31.4 Å². The number of carboxylic acids is 2. The van der Waals surface area contributed by atoms with Gasteiger partial charge in [0.05, 0.1) is 0 Å². The molecule has 5 N–H and O–H groups in total. The Hall–Kier alpha value is -3.70. The molecule has 39 heavy (non-hydrogen) atoms. The van der Waals surface area contributed by atoms with E-state index < -0.39 is 51.9 Å². The van der Waals surface area contributed by atoms with Crippen molar-refractivity contribution in [2.75, 3.05) is 18.0 Å². The smallest absolute Gasteiger partial charge is 0.350 e. The number of aromatic nitrogens is 3. The number of rotatable bonds is 10. The molecule has 2 unspecified atom stereocenters. The van der Waals surface area contributed by atoms with Crippen LogP contribution >= 0.6 is 35.1 Å². The third kappa shape index (κ3) is 5.99. The molecule has 2 aliphatic rings. The van der Waals surface area contributed by atoms with Crippen LogP contribution in [-0.4, -0.2) is 88.2 Å². The van der Waals surface area contributed by atoms with Crippen LogP contribution in [0.25, 0.3) is 0 Å². The summed E-state index contributed by atoms with van der Waals surface area (Å²) in [5.41, 5.74) is 2.08. The van der Waals surface area contributed by atoms with Gasteiger partial charge in [-0.1, -0.05) is 23.0 Å². The summed E-state index contributed by atoms with van der Waals surface area (Å²) in [5, 5.41) is 26.7. The Kier molecular flexibility index (Phi) is 8.12. The molecule has 17 heteroatoms. The van der Waals surface area contributed by atoms with Crippen LogP contribution in [0.15, 0.2) is 46.1 Å². The van der Waals surface area contributed by atoms with Gasteiger partial charge >= 0.3 is 11.9 Å². The summed E-state index contributed by atoms with van der Waals surface area (Å²) >= 11 is 3.33. The normalized spacial score (nSPS) is 23.2. The number of carbonyl (C=O) groups excluding carboxylic acids is 2. The molecule has 2 fully saturated rings. The summed E-state index contributed by atoms with van der Waals surface area (Å²) in [7, 11) is 0. The molecule has 206 valence electrons. The van der Waals surface area contributed by atoms with E-state index in [0.29, 0.717) is 0 Å². The van der Waals surface area contributed by atoms with Gasteiger partial charge < -0.3 is 31.0 Å². The fourth-order valence-corrected chi connectivity index (χ4v) is 6.19. The number of β-lactam (4-membered cyclic amide) rings is 1. The van der Waals surface area contributed by atoms with Gasteiger partial charge in [-0.15, -0.1) is 11.8 Å².